The summed E-state index contributed by atoms with van der Waals surface area (Å²) >= 11 is 0. The molecule has 0 atom stereocenters. The smallest absolute Gasteiger partial charge is 0.352 e. The van der Waals surface area contributed by atoms with E-state index in [0.29, 0.717) is 30.6 Å². The average molecular weight is 398 g/mol. The zero-order valence-electron chi connectivity index (χ0n) is 14.8. The molecule has 1 aromatic carbocycles. The first-order valence-electron chi connectivity index (χ1n) is 8.74. The molecular formula is C18H18F4N4O2. The Morgan fingerprint density at radius 2 is 1.93 bits per heavy atom. The Bertz CT molecular complexity index is 861. The summed E-state index contributed by atoms with van der Waals surface area (Å²) in [6, 6.07) is 4.31. The zero-order chi connectivity index (χ0) is 20.3. The summed E-state index contributed by atoms with van der Waals surface area (Å²) in [6.45, 7) is 1.23. The SMILES string of the molecule is O=C(NCCCN1CCCC1=O)c1cnn(-c2ccc(F)cc2)c1C(F)(F)F. The lowest BCUT2D eigenvalue weighted by atomic mass is 10.2. The van der Waals surface area contributed by atoms with Gasteiger partial charge in [0.1, 0.15) is 5.82 Å². The number of carbonyl (C=O) groups is 2. The molecule has 6 nitrogen and oxygen atoms in total. The van der Waals surface area contributed by atoms with Crippen LogP contribution in [0.15, 0.2) is 30.5 Å². The summed E-state index contributed by atoms with van der Waals surface area (Å²) in [6.07, 6.45) is -2.26. The number of carbonyl (C=O) groups excluding carboxylic acids is 2. The number of likely N-dealkylation sites (tertiary alicyclic amines) is 1. The quantitative estimate of drug-likeness (QED) is 0.601. The van der Waals surface area contributed by atoms with E-state index in [0.717, 1.165) is 36.9 Å². The number of nitrogens with zero attached hydrogens (tertiary/aromatic N) is 3. The fourth-order valence-electron chi connectivity index (χ4n) is 3.07. The standard InChI is InChI=1S/C18H18F4N4O2/c19-12-4-6-13(7-5-12)26-16(18(20,21)22)14(11-24-26)17(28)23-8-2-10-25-9-1-3-15(25)27/h4-7,11H,1-3,8-10H2,(H,23,28). The van der Waals surface area contributed by atoms with Crippen molar-refractivity contribution in [3.05, 3.63) is 47.5 Å². The summed E-state index contributed by atoms with van der Waals surface area (Å²) in [7, 11) is 0. The van der Waals surface area contributed by atoms with Crippen LogP contribution in [0.3, 0.4) is 0 Å². The van der Waals surface area contributed by atoms with Gasteiger partial charge >= 0.3 is 6.18 Å². The highest BCUT2D eigenvalue weighted by Crippen LogP contribution is 2.33. The second-order valence-corrected chi connectivity index (χ2v) is 6.39. The molecule has 2 heterocycles. The normalized spacial score (nSPS) is 14.6. The van der Waals surface area contributed by atoms with Crippen LogP contribution in [0.4, 0.5) is 17.6 Å². The topological polar surface area (TPSA) is 67.2 Å². The van der Waals surface area contributed by atoms with Gasteiger partial charge in [0.05, 0.1) is 17.4 Å². The predicted molar refractivity (Wildman–Crippen MR) is 91.3 cm³/mol. The Morgan fingerprint density at radius 3 is 2.54 bits per heavy atom. The minimum absolute atomic E-state index is 0.0136. The van der Waals surface area contributed by atoms with Crippen LogP contribution >= 0.6 is 0 Å². The van der Waals surface area contributed by atoms with Crippen LogP contribution in [0, 0.1) is 5.82 Å². The van der Waals surface area contributed by atoms with Gasteiger partial charge < -0.3 is 10.2 Å². The molecule has 1 aromatic heterocycles. The molecule has 1 N–H and O–H groups in total. The van der Waals surface area contributed by atoms with Crippen LogP contribution in [0.2, 0.25) is 0 Å². The van der Waals surface area contributed by atoms with Gasteiger partial charge in [0.25, 0.3) is 5.91 Å². The molecule has 28 heavy (non-hydrogen) atoms. The van der Waals surface area contributed by atoms with E-state index in [-0.39, 0.29) is 18.1 Å². The molecule has 0 saturated carbocycles. The van der Waals surface area contributed by atoms with E-state index in [4.69, 9.17) is 0 Å². The maximum Gasteiger partial charge on any atom is 0.434 e. The van der Waals surface area contributed by atoms with Crippen LogP contribution in [0.1, 0.15) is 35.3 Å². The van der Waals surface area contributed by atoms with Gasteiger partial charge in [0.2, 0.25) is 5.91 Å². The highest BCUT2D eigenvalue weighted by atomic mass is 19.4. The molecule has 0 bridgehead atoms. The number of hydrogen-bond donors (Lipinski definition) is 1. The van der Waals surface area contributed by atoms with E-state index in [1.165, 1.54) is 0 Å². The van der Waals surface area contributed by atoms with Gasteiger partial charge in [-0.3, -0.25) is 9.59 Å². The van der Waals surface area contributed by atoms with E-state index in [1.807, 2.05) is 0 Å². The van der Waals surface area contributed by atoms with Gasteiger partial charge in [-0.05, 0) is 37.1 Å². The number of rotatable bonds is 6. The Kier molecular flexibility index (Phi) is 5.66. The molecule has 0 radical (unpaired) electrons. The maximum atomic E-state index is 13.5. The summed E-state index contributed by atoms with van der Waals surface area (Å²) in [4.78, 5) is 25.4. The third-order valence-corrected chi connectivity index (χ3v) is 4.42. The van der Waals surface area contributed by atoms with Gasteiger partial charge in [-0.1, -0.05) is 0 Å². The highest BCUT2D eigenvalue weighted by molar-refractivity contribution is 5.95. The van der Waals surface area contributed by atoms with E-state index in [1.54, 1.807) is 4.90 Å². The van der Waals surface area contributed by atoms with Crippen molar-refractivity contribution in [1.82, 2.24) is 20.0 Å². The summed E-state index contributed by atoms with van der Waals surface area (Å²) in [5, 5.41) is 6.10. The fourth-order valence-corrected chi connectivity index (χ4v) is 3.07. The van der Waals surface area contributed by atoms with Crippen molar-refractivity contribution < 1.29 is 27.2 Å². The summed E-state index contributed by atoms with van der Waals surface area (Å²) in [5.41, 5.74) is -1.86. The number of hydrogen-bond acceptors (Lipinski definition) is 3. The van der Waals surface area contributed by atoms with Crippen molar-refractivity contribution in [2.45, 2.75) is 25.4 Å². The lowest BCUT2D eigenvalue weighted by molar-refractivity contribution is -0.143. The van der Waals surface area contributed by atoms with E-state index >= 15 is 0 Å². The molecule has 0 unspecified atom stereocenters. The first-order chi connectivity index (χ1) is 13.3. The largest absolute Gasteiger partial charge is 0.434 e. The third kappa shape index (κ3) is 4.32. The fraction of sp³-hybridized carbons (Fsp3) is 0.389. The molecule has 150 valence electrons. The molecule has 0 spiro atoms. The van der Waals surface area contributed by atoms with Crippen LogP contribution in [0.25, 0.3) is 5.69 Å². The molecule has 2 amide bonds. The number of alkyl halides is 3. The average Bonchev–Trinajstić information content (AvgIpc) is 3.25. The van der Waals surface area contributed by atoms with E-state index in [2.05, 4.69) is 10.4 Å². The van der Waals surface area contributed by atoms with Gasteiger partial charge in [-0.25, -0.2) is 9.07 Å². The Balaban J connectivity index is 1.71. The lowest BCUT2D eigenvalue weighted by Gasteiger charge is -2.15. The van der Waals surface area contributed by atoms with Crippen molar-refractivity contribution in [2.75, 3.05) is 19.6 Å². The van der Waals surface area contributed by atoms with Crippen LogP contribution in [0.5, 0.6) is 0 Å². The van der Waals surface area contributed by atoms with Crippen LogP contribution in [-0.2, 0) is 11.0 Å². The molecule has 1 aliphatic heterocycles. The minimum Gasteiger partial charge on any atom is -0.352 e. The lowest BCUT2D eigenvalue weighted by Crippen LogP contribution is -2.31. The third-order valence-electron chi connectivity index (χ3n) is 4.42. The maximum absolute atomic E-state index is 13.5. The molecular weight excluding hydrogens is 380 g/mol. The van der Waals surface area contributed by atoms with Crippen molar-refractivity contribution in [2.24, 2.45) is 0 Å². The predicted octanol–water partition coefficient (Wildman–Crippen LogP) is 2.77. The Morgan fingerprint density at radius 1 is 1.21 bits per heavy atom. The second kappa shape index (κ2) is 7.99. The van der Waals surface area contributed by atoms with Crippen molar-refractivity contribution in [3.8, 4) is 5.69 Å². The Hall–Kier alpha value is -2.91. The molecule has 0 aliphatic carbocycles. The monoisotopic (exact) mass is 398 g/mol. The second-order valence-electron chi connectivity index (χ2n) is 6.39. The summed E-state index contributed by atoms with van der Waals surface area (Å²) in [5.74, 6) is -1.46. The number of amides is 2. The molecule has 1 fully saturated rings. The number of nitrogens with one attached hydrogen (secondary N) is 1. The van der Waals surface area contributed by atoms with E-state index < -0.39 is 29.2 Å². The molecule has 10 heteroatoms. The summed E-state index contributed by atoms with van der Waals surface area (Å²) < 4.78 is 54.2. The first-order valence-corrected chi connectivity index (χ1v) is 8.74. The van der Waals surface area contributed by atoms with Crippen molar-refractivity contribution >= 4 is 11.8 Å². The van der Waals surface area contributed by atoms with Crippen LogP contribution in [-0.4, -0.2) is 46.1 Å². The number of aromatic nitrogens is 2. The number of benzene rings is 1. The first kappa shape index (κ1) is 19.8. The zero-order valence-corrected chi connectivity index (χ0v) is 14.8. The molecule has 1 saturated heterocycles. The van der Waals surface area contributed by atoms with Gasteiger partial charge in [-0.2, -0.15) is 18.3 Å². The van der Waals surface area contributed by atoms with Crippen molar-refractivity contribution in [3.63, 3.8) is 0 Å². The minimum atomic E-state index is -4.83. The molecule has 2 aromatic rings. The molecule has 3 rings (SSSR count). The van der Waals surface area contributed by atoms with E-state index in [9.17, 15) is 27.2 Å². The highest BCUT2D eigenvalue weighted by Gasteiger charge is 2.40. The van der Waals surface area contributed by atoms with Gasteiger partial charge in [0.15, 0.2) is 5.69 Å². The van der Waals surface area contributed by atoms with Crippen LogP contribution < -0.4 is 5.32 Å². The van der Waals surface area contributed by atoms with Gasteiger partial charge in [0, 0.05) is 26.1 Å². The number of halogens is 4. The Labute approximate surface area is 158 Å². The molecule has 1 aliphatic rings. The van der Waals surface area contributed by atoms with Crippen molar-refractivity contribution in [1.29, 1.82) is 0 Å². The van der Waals surface area contributed by atoms with Gasteiger partial charge in [-0.15, -0.1) is 0 Å².